The number of aryl methyl sites for hydroxylation is 2. The summed E-state index contributed by atoms with van der Waals surface area (Å²) >= 11 is 0. The third kappa shape index (κ3) is 3.98. The lowest BCUT2D eigenvalue weighted by Crippen LogP contribution is -2.45. The second-order valence-electron chi connectivity index (χ2n) is 6.23. The number of hydrogen-bond acceptors (Lipinski definition) is 6. The Hall–Kier alpha value is -2.01. The van der Waals surface area contributed by atoms with Gasteiger partial charge in [-0.15, -0.1) is 0 Å². The quantitative estimate of drug-likeness (QED) is 0.634. The van der Waals surface area contributed by atoms with E-state index in [9.17, 15) is 18.0 Å². The first-order valence-electron chi connectivity index (χ1n) is 8.35. The Kier molecular flexibility index (Phi) is 5.04. The van der Waals surface area contributed by atoms with E-state index in [4.69, 9.17) is 0 Å². The van der Waals surface area contributed by atoms with Gasteiger partial charge in [-0.25, -0.2) is 22.4 Å². The van der Waals surface area contributed by atoms with Gasteiger partial charge in [0, 0.05) is 26.2 Å². The van der Waals surface area contributed by atoms with Gasteiger partial charge in [-0.05, 0) is 26.2 Å². The van der Waals surface area contributed by atoms with Crippen molar-refractivity contribution in [1.82, 2.24) is 29.7 Å². The first kappa shape index (κ1) is 17.8. The fourth-order valence-electron chi connectivity index (χ4n) is 3.15. The summed E-state index contributed by atoms with van der Waals surface area (Å²) in [5.41, 5.74) is 0. The van der Waals surface area contributed by atoms with Crippen molar-refractivity contribution in [2.24, 2.45) is 0 Å². The molecule has 0 bridgehead atoms. The predicted molar refractivity (Wildman–Crippen MR) is 87.9 cm³/mol. The molecule has 11 heteroatoms. The number of amides is 2. The fraction of sp³-hybridized carbons (Fsp3) is 0.714. The smallest absolute Gasteiger partial charge is 0.309 e. The SMILES string of the molecule is Cc1nc2n(n1)CCCC2NC(=O)C(=O)NCCN1CCCS1(=O)=O. The average Bonchev–Trinajstić information content (AvgIpc) is 3.09. The van der Waals surface area contributed by atoms with Crippen molar-refractivity contribution in [2.45, 2.75) is 38.8 Å². The Morgan fingerprint density at radius 3 is 2.76 bits per heavy atom. The van der Waals surface area contributed by atoms with Crippen molar-refractivity contribution in [1.29, 1.82) is 0 Å². The lowest BCUT2D eigenvalue weighted by Gasteiger charge is -2.22. The molecule has 0 aromatic carbocycles. The van der Waals surface area contributed by atoms with E-state index in [1.165, 1.54) is 4.31 Å². The number of aromatic nitrogens is 3. The Morgan fingerprint density at radius 1 is 1.24 bits per heavy atom. The number of fused-ring (bicyclic) bond motifs is 1. The Balaban J connectivity index is 1.49. The zero-order chi connectivity index (χ0) is 18.0. The number of rotatable bonds is 4. The third-order valence-corrected chi connectivity index (χ3v) is 6.30. The minimum Gasteiger partial charge on any atom is -0.347 e. The van der Waals surface area contributed by atoms with Gasteiger partial charge in [0.2, 0.25) is 10.0 Å². The maximum Gasteiger partial charge on any atom is 0.309 e. The van der Waals surface area contributed by atoms with E-state index < -0.39 is 21.8 Å². The normalized spacial score (nSPS) is 22.4. The molecular formula is C14H22N6O4S. The molecule has 1 aromatic heterocycles. The Morgan fingerprint density at radius 2 is 2.04 bits per heavy atom. The van der Waals surface area contributed by atoms with Crippen molar-refractivity contribution in [2.75, 3.05) is 25.4 Å². The Bertz CT molecular complexity index is 774. The van der Waals surface area contributed by atoms with E-state index in [0.717, 1.165) is 13.0 Å². The van der Waals surface area contributed by atoms with Crippen molar-refractivity contribution in [3.05, 3.63) is 11.6 Å². The van der Waals surface area contributed by atoms with Gasteiger partial charge < -0.3 is 10.6 Å². The highest BCUT2D eigenvalue weighted by atomic mass is 32.2. The molecule has 0 aliphatic carbocycles. The van der Waals surface area contributed by atoms with Gasteiger partial charge >= 0.3 is 11.8 Å². The molecule has 0 radical (unpaired) electrons. The van der Waals surface area contributed by atoms with E-state index in [2.05, 4.69) is 20.7 Å². The van der Waals surface area contributed by atoms with Crippen LogP contribution in [0, 0.1) is 6.92 Å². The molecule has 25 heavy (non-hydrogen) atoms. The average molecular weight is 370 g/mol. The second kappa shape index (κ2) is 7.08. The van der Waals surface area contributed by atoms with E-state index in [-0.39, 0.29) is 24.9 Å². The first-order valence-corrected chi connectivity index (χ1v) is 9.95. The van der Waals surface area contributed by atoms with E-state index in [1.807, 2.05) is 0 Å². The third-order valence-electron chi connectivity index (χ3n) is 4.34. The fourth-order valence-corrected chi connectivity index (χ4v) is 4.67. The highest BCUT2D eigenvalue weighted by Gasteiger charge is 2.29. The number of hydrogen-bond donors (Lipinski definition) is 2. The minimum absolute atomic E-state index is 0.103. The minimum atomic E-state index is -3.20. The van der Waals surface area contributed by atoms with Gasteiger partial charge in [-0.3, -0.25) is 9.59 Å². The second-order valence-corrected chi connectivity index (χ2v) is 8.32. The molecule has 1 unspecified atom stereocenters. The van der Waals surface area contributed by atoms with Crippen LogP contribution in [-0.2, 0) is 26.2 Å². The maximum atomic E-state index is 12.1. The highest BCUT2D eigenvalue weighted by molar-refractivity contribution is 7.89. The van der Waals surface area contributed by atoms with Crippen LogP contribution in [0.2, 0.25) is 0 Å². The summed E-state index contributed by atoms with van der Waals surface area (Å²) < 4.78 is 26.4. The lowest BCUT2D eigenvalue weighted by molar-refractivity contribution is -0.139. The summed E-state index contributed by atoms with van der Waals surface area (Å²) in [5, 5.41) is 9.39. The van der Waals surface area contributed by atoms with Crippen LogP contribution < -0.4 is 10.6 Å². The molecule has 2 amide bonds. The number of nitrogens with zero attached hydrogens (tertiary/aromatic N) is 4. The van der Waals surface area contributed by atoms with Crippen molar-refractivity contribution in [3.8, 4) is 0 Å². The molecule has 10 nitrogen and oxygen atoms in total. The van der Waals surface area contributed by atoms with Crippen LogP contribution in [-0.4, -0.2) is 64.7 Å². The van der Waals surface area contributed by atoms with Gasteiger partial charge in [0.15, 0.2) is 0 Å². The van der Waals surface area contributed by atoms with Crippen LogP contribution >= 0.6 is 0 Å². The van der Waals surface area contributed by atoms with Gasteiger partial charge in [0.05, 0.1) is 11.8 Å². The van der Waals surface area contributed by atoms with E-state index in [0.29, 0.717) is 31.0 Å². The van der Waals surface area contributed by atoms with Gasteiger partial charge in [-0.2, -0.15) is 5.10 Å². The molecule has 0 saturated carbocycles. The zero-order valence-electron chi connectivity index (χ0n) is 14.1. The first-order chi connectivity index (χ1) is 11.9. The zero-order valence-corrected chi connectivity index (χ0v) is 14.9. The number of carbonyl (C=O) groups is 2. The molecule has 1 fully saturated rings. The molecule has 1 aromatic rings. The van der Waals surface area contributed by atoms with Gasteiger partial charge in [0.25, 0.3) is 0 Å². The van der Waals surface area contributed by atoms with Gasteiger partial charge in [-0.1, -0.05) is 0 Å². The maximum absolute atomic E-state index is 12.1. The molecule has 0 spiro atoms. The van der Waals surface area contributed by atoms with Crippen molar-refractivity contribution < 1.29 is 18.0 Å². The molecule has 1 saturated heterocycles. The number of sulfonamides is 1. The summed E-state index contributed by atoms with van der Waals surface area (Å²) in [6.45, 7) is 3.27. The summed E-state index contributed by atoms with van der Waals surface area (Å²) in [6.07, 6.45) is 2.14. The number of carbonyl (C=O) groups excluding carboxylic acids is 2. The number of nitrogens with one attached hydrogen (secondary N) is 2. The monoisotopic (exact) mass is 370 g/mol. The van der Waals surface area contributed by atoms with Crippen molar-refractivity contribution >= 4 is 21.8 Å². The van der Waals surface area contributed by atoms with E-state index in [1.54, 1.807) is 11.6 Å². The largest absolute Gasteiger partial charge is 0.347 e. The summed E-state index contributed by atoms with van der Waals surface area (Å²) in [6, 6.07) is -0.341. The van der Waals surface area contributed by atoms with Crippen LogP contribution in [0.3, 0.4) is 0 Å². The topological polar surface area (TPSA) is 126 Å². The van der Waals surface area contributed by atoms with Gasteiger partial charge in [0.1, 0.15) is 11.6 Å². The predicted octanol–water partition coefficient (Wildman–Crippen LogP) is -1.31. The Labute approximate surface area is 146 Å². The molecule has 3 rings (SSSR count). The van der Waals surface area contributed by atoms with Crippen LogP contribution in [0.1, 0.15) is 37.0 Å². The molecule has 1 atom stereocenters. The molecule has 2 aliphatic rings. The van der Waals surface area contributed by atoms with E-state index >= 15 is 0 Å². The standard InChI is InChI=1S/C14H22N6O4S/c1-10-16-12-11(4-2-7-20(12)18-10)17-14(22)13(21)15-5-8-19-6-3-9-25(19,23)24/h11H,2-9H2,1H3,(H,15,21)(H,17,22). The van der Waals surface area contributed by atoms with Crippen LogP contribution in [0.15, 0.2) is 0 Å². The molecule has 138 valence electrons. The van der Waals surface area contributed by atoms with Crippen LogP contribution in [0.25, 0.3) is 0 Å². The van der Waals surface area contributed by atoms with Crippen LogP contribution in [0.4, 0.5) is 0 Å². The summed E-state index contributed by atoms with van der Waals surface area (Å²) in [4.78, 5) is 28.3. The molecule has 3 heterocycles. The van der Waals surface area contributed by atoms with Crippen molar-refractivity contribution in [3.63, 3.8) is 0 Å². The molecule has 2 N–H and O–H groups in total. The van der Waals surface area contributed by atoms with Crippen LogP contribution in [0.5, 0.6) is 0 Å². The molecular weight excluding hydrogens is 348 g/mol. The molecule has 2 aliphatic heterocycles. The highest BCUT2D eigenvalue weighted by Crippen LogP contribution is 2.22. The summed E-state index contributed by atoms with van der Waals surface area (Å²) in [5.74, 6) is -0.0859. The summed E-state index contributed by atoms with van der Waals surface area (Å²) in [7, 11) is -3.20. The lowest BCUT2D eigenvalue weighted by atomic mass is 10.1.